The highest BCUT2D eigenvalue weighted by Crippen LogP contribution is 2.12. The van der Waals surface area contributed by atoms with Crippen LogP contribution in [0.4, 0.5) is 0 Å². The number of hydrogen-bond donors (Lipinski definition) is 1. The van der Waals surface area contributed by atoms with E-state index in [0.717, 1.165) is 12.0 Å². The van der Waals surface area contributed by atoms with Crippen molar-refractivity contribution in [3.8, 4) is 0 Å². The minimum absolute atomic E-state index is 0.630. The molecule has 0 amide bonds. The van der Waals surface area contributed by atoms with Gasteiger partial charge in [0.2, 0.25) is 0 Å². The Kier molecular flexibility index (Phi) is 6.37. The van der Waals surface area contributed by atoms with Gasteiger partial charge in [0, 0.05) is 18.6 Å². The van der Waals surface area contributed by atoms with Gasteiger partial charge in [-0.1, -0.05) is 40.5 Å². The molecule has 0 aromatic carbocycles. The minimum Gasteiger partial charge on any atom is -0.310 e. The lowest BCUT2D eigenvalue weighted by molar-refractivity contribution is 0.312. The predicted molar refractivity (Wildman–Crippen MR) is 71.8 cm³/mol. The monoisotopic (exact) mass is 226 g/mol. The fourth-order valence-electron chi connectivity index (χ4n) is 2.53. The van der Waals surface area contributed by atoms with Gasteiger partial charge in [-0.2, -0.15) is 0 Å². The van der Waals surface area contributed by atoms with Crippen LogP contribution in [0.2, 0.25) is 0 Å². The van der Waals surface area contributed by atoms with Crippen LogP contribution in [0.3, 0.4) is 0 Å². The van der Waals surface area contributed by atoms with E-state index in [1.807, 2.05) is 0 Å². The average Bonchev–Trinajstić information content (AvgIpc) is 2.59. The Balaban J connectivity index is 2.03. The Morgan fingerprint density at radius 1 is 1.19 bits per heavy atom. The van der Waals surface area contributed by atoms with Crippen LogP contribution < -0.4 is 5.32 Å². The molecule has 1 rings (SSSR count). The molecular weight excluding hydrogens is 196 g/mol. The smallest absolute Gasteiger partial charge is 0.0209 e. The van der Waals surface area contributed by atoms with Gasteiger partial charge >= 0.3 is 0 Å². The summed E-state index contributed by atoms with van der Waals surface area (Å²) < 4.78 is 0. The van der Waals surface area contributed by atoms with Crippen LogP contribution in [0.1, 0.15) is 53.4 Å². The normalized spacial score (nSPS) is 22.5. The fourth-order valence-corrected chi connectivity index (χ4v) is 2.53. The lowest BCUT2D eigenvalue weighted by Gasteiger charge is -2.18. The molecule has 1 saturated heterocycles. The number of likely N-dealkylation sites (tertiary alicyclic amines) is 1. The zero-order valence-electron chi connectivity index (χ0n) is 11.6. The highest BCUT2D eigenvalue weighted by molar-refractivity contribution is 4.81. The van der Waals surface area contributed by atoms with Crippen molar-refractivity contribution in [1.29, 1.82) is 0 Å². The Morgan fingerprint density at radius 2 is 1.94 bits per heavy atom. The highest BCUT2D eigenvalue weighted by atomic mass is 15.2. The average molecular weight is 226 g/mol. The van der Waals surface area contributed by atoms with Crippen molar-refractivity contribution in [3.63, 3.8) is 0 Å². The van der Waals surface area contributed by atoms with Crippen molar-refractivity contribution < 1.29 is 0 Å². The highest BCUT2D eigenvalue weighted by Gasteiger charge is 2.21. The maximum atomic E-state index is 3.64. The molecule has 1 heterocycles. The van der Waals surface area contributed by atoms with Crippen molar-refractivity contribution in [2.45, 2.75) is 65.5 Å². The van der Waals surface area contributed by atoms with E-state index < -0.39 is 0 Å². The van der Waals surface area contributed by atoms with Crippen LogP contribution in [0.25, 0.3) is 0 Å². The van der Waals surface area contributed by atoms with Crippen LogP contribution in [0, 0.1) is 5.92 Å². The van der Waals surface area contributed by atoms with Crippen molar-refractivity contribution in [1.82, 2.24) is 10.2 Å². The Bertz CT molecular complexity index is 178. The second kappa shape index (κ2) is 7.29. The topological polar surface area (TPSA) is 15.3 Å². The standard InChI is InChI=1S/C14H30N2/c1-12(2)7-5-6-9-16-10-8-14(11-16)15-13(3)4/h12-15H,5-11H2,1-4H3. The summed E-state index contributed by atoms with van der Waals surface area (Å²) in [5.41, 5.74) is 0. The summed E-state index contributed by atoms with van der Waals surface area (Å²) in [6, 6.07) is 1.37. The summed E-state index contributed by atoms with van der Waals surface area (Å²) >= 11 is 0. The first-order valence-corrected chi connectivity index (χ1v) is 7.06. The molecule has 0 spiro atoms. The predicted octanol–water partition coefficient (Wildman–Crippen LogP) is 2.89. The summed E-state index contributed by atoms with van der Waals surface area (Å²) in [5, 5.41) is 3.64. The van der Waals surface area contributed by atoms with Gasteiger partial charge in [0.25, 0.3) is 0 Å². The molecule has 0 bridgehead atoms. The van der Waals surface area contributed by atoms with E-state index in [4.69, 9.17) is 0 Å². The number of hydrogen-bond acceptors (Lipinski definition) is 2. The molecule has 1 aliphatic rings. The third-order valence-electron chi connectivity index (χ3n) is 3.35. The van der Waals surface area contributed by atoms with Crippen LogP contribution >= 0.6 is 0 Å². The molecule has 0 aromatic heterocycles. The third-order valence-corrected chi connectivity index (χ3v) is 3.35. The number of nitrogens with zero attached hydrogens (tertiary/aromatic N) is 1. The maximum Gasteiger partial charge on any atom is 0.0209 e. The van der Waals surface area contributed by atoms with Gasteiger partial charge < -0.3 is 10.2 Å². The molecule has 0 radical (unpaired) electrons. The number of nitrogens with one attached hydrogen (secondary N) is 1. The van der Waals surface area contributed by atoms with Crippen molar-refractivity contribution in [2.75, 3.05) is 19.6 Å². The lowest BCUT2D eigenvalue weighted by atomic mass is 10.1. The van der Waals surface area contributed by atoms with Gasteiger partial charge in [0.1, 0.15) is 0 Å². The molecule has 1 fully saturated rings. The Morgan fingerprint density at radius 3 is 2.56 bits per heavy atom. The molecular formula is C14H30N2. The van der Waals surface area contributed by atoms with Crippen LogP contribution in [0.15, 0.2) is 0 Å². The minimum atomic E-state index is 0.630. The van der Waals surface area contributed by atoms with Crippen molar-refractivity contribution >= 4 is 0 Å². The largest absolute Gasteiger partial charge is 0.310 e. The number of rotatable bonds is 7. The molecule has 1 unspecified atom stereocenters. The zero-order chi connectivity index (χ0) is 12.0. The molecule has 2 heteroatoms. The first-order valence-electron chi connectivity index (χ1n) is 7.06. The third kappa shape index (κ3) is 5.86. The van der Waals surface area contributed by atoms with Gasteiger partial charge in [0.15, 0.2) is 0 Å². The summed E-state index contributed by atoms with van der Waals surface area (Å²) in [7, 11) is 0. The van der Waals surface area contributed by atoms with Gasteiger partial charge in [-0.25, -0.2) is 0 Å². The van der Waals surface area contributed by atoms with E-state index >= 15 is 0 Å². The molecule has 0 saturated carbocycles. The summed E-state index contributed by atoms with van der Waals surface area (Å²) in [6.45, 7) is 13.0. The summed E-state index contributed by atoms with van der Waals surface area (Å²) in [5.74, 6) is 0.869. The molecule has 2 nitrogen and oxygen atoms in total. The van der Waals surface area contributed by atoms with Crippen molar-refractivity contribution in [3.05, 3.63) is 0 Å². The van der Waals surface area contributed by atoms with E-state index in [1.165, 1.54) is 45.3 Å². The zero-order valence-corrected chi connectivity index (χ0v) is 11.6. The van der Waals surface area contributed by atoms with Crippen molar-refractivity contribution in [2.24, 2.45) is 5.92 Å². The number of unbranched alkanes of at least 4 members (excludes halogenated alkanes) is 1. The Hall–Kier alpha value is -0.0800. The molecule has 1 aliphatic heterocycles. The van der Waals surface area contributed by atoms with Gasteiger partial charge in [-0.3, -0.25) is 0 Å². The van der Waals surface area contributed by atoms with E-state index in [0.29, 0.717) is 6.04 Å². The summed E-state index contributed by atoms with van der Waals surface area (Å²) in [4.78, 5) is 2.63. The molecule has 1 atom stereocenters. The molecule has 0 aliphatic carbocycles. The lowest BCUT2D eigenvalue weighted by Crippen LogP contribution is -2.37. The van der Waals surface area contributed by atoms with Gasteiger partial charge in [-0.15, -0.1) is 0 Å². The van der Waals surface area contributed by atoms with Gasteiger partial charge in [-0.05, 0) is 31.8 Å². The molecule has 16 heavy (non-hydrogen) atoms. The first-order chi connectivity index (χ1) is 7.58. The van der Waals surface area contributed by atoms with Gasteiger partial charge in [0.05, 0.1) is 0 Å². The van der Waals surface area contributed by atoms with E-state index in [1.54, 1.807) is 0 Å². The van der Waals surface area contributed by atoms with Crippen LogP contribution in [0.5, 0.6) is 0 Å². The maximum absolute atomic E-state index is 3.64. The molecule has 1 N–H and O–H groups in total. The quantitative estimate of drug-likeness (QED) is 0.672. The first kappa shape index (κ1) is 14.0. The van der Waals surface area contributed by atoms with E-state index in [2.05, 4.69) is 37.9 Å². The van der Waals surface area contributed by atoms with E-state index in [9.17, 15) is 0 Å². The van der Waals surface area contributed by atoms with Crippen LogP contribution in [-0.2, 0) is 0 Å². The van der Waals surface area contributed by atoms with E-state index in [-0.39, 0.29) is 0 Å². The fraction of sp³-hybridized carbons (Fsp3) is 1.00. The second-order valence-electron chi connectivity index (χ2n) is 6.00. The SMILES string of the molecule is CC(C)CCCCN1CCC(NC(C)C)C1. The molecule has 0 aromatic rings. The summed E-state index contributed by atoms with van der Waals surface area (Å²) in [6.07, 6.45) is 5.51. The Labute approximate surface area is 102 Å². The second-order valence-corrected chi connectivity index (χ2v) is 6.00. The van der Waals surface area contributed by atoms with Crippen LogP contribution in [-0.4, -0.2) is 36.6 Å². The molecule has 96 valence electrons.